The van der Waals surface area contributed by atoms with Gasteiger partial charge in [-0.15, -0.1) is 0 Å². The first-order chi connectivity index (χ1) is 18.3. The summed E-state index contributed by atoms with van der Waals surface area (Å²) in [6.45, 7) is 2.61. The highest BCUT2D eigenvalue weighted by atomic mass is 32.2. The number of piperazine rings is 1. The first-order valence-electron chi connectivity index (χ1n) is 12.6. The second-order valence-electron chi connectivity index (χ2n) is 10.1. The average molecular weight is 580 g/mol. The summed E-state index contributed by atoms with van der Waals surface area (Å²) in [5, 5.41) is 10.1. The first kappa shape index (κ1) is 29.4. The summed E-state index contributed by atoms with van der Waals surface area (Å²) in [7, 11) is -1.86. The van der Waals surface area contributed by atoms with E-state index in [9.17, 15) is 26.7 Å². The molecule has 1 aliphatic heterocycles. The summed E-state index contributed by atoms with van der Waals surface area (Å²) < 4.78 is 68.6. The molecule has 2 aromatic rings. The van der Waals surface area contributed by atoms with Crippen molar-refractivity contribution in [2.45, 2.75) is 37.7 Å². The van der Waals surface area contributed by atoms with Crippen molar-refractivity contribution in [2.75, 3.05) is 38.1 Å². The van der Waals surface area contributed by atoms with Crippen LogP contribution in [-0.2, 0) is 22.2 Å². The van der Waals surface area contributed by atoms with Gasteiger partial charge in [-0.2, -0.15) is 17.5 Å². The van der Waals surface area contributed by atoms with Gasteiger partial charge in [0, 0.05) is 49.7 Å². The Labute approximate surface area is 233 Å². The minimum absolute atomic E-state index is 0.142. The minimum Gasteiger partial charge on any atom is -0.376 e. The molecule has 0 bridgehead atoms. The van der Waals surface area contributed by atoms with Crippen LogP contribution in [0, 0.1) is 0 Å². The zero-order valence-corrected chi connectivity index (χ0v) is 23.4. The molecule has 1 heterocycles. The number of allylic oxidation sites excluding steroid dienone is 4. The lowest BCUT2D eigenvalue weighted by molar-refractivity contribution is -0.258. The molecule has 2 atom stereocenters. The molecule has 1 aliphatic carbocycles. The molecule has 11 heteroatoms. The molecule has 0 saturated carbocycles. The van der Waals surface area contributed by atoms with Crippen molar-refractivity contribution in [3.05, 3.63) is 88.9 Å². The van der Waals surface area contributed by atoms with Gasteiger partial charge < -0.3 is 14.9 Å². The lowest BCUT2D eigenvalue weighted by Gasteiger charge is -2.44. The molecule has 0 radical (unpaired) electrons. The Morgan fingerprint density at radius 3 is 2.36 bits per heavy atom. The van der Waals surface area contributed by atoms with E-state index < -0.39 is 21.8 Å². The van der Waals surface area contributed by atoms with Gasteiger partial charge in [0.15, 0.2) is 5.60 Å². The Kier molecular flexibility index (Phi) is 8.67. The van der Waals surface area contributed by atoms with Gasteiger partial charge >= 0.3 is 6.18 Å². The van der Waals surface area contributed by atoms with Crippen LogP contribution >= 0.6 is 12.2 Å². The molecule has 1 saturated heterocycles. The van der Waals surface area contributed by atoms with Crippen LogP contribution < -0.4 is 4.90 Å². The van der Waals surface area contributed by atoms with Crippen LogP contribution in [0.5, 0.6) is 0 Å². The molecule has 210 valence electrons. The number of hydrogen-bond donors (Lipinski definition) is 1. The van der Waals surface area contributed by atoms with Crippen LogP contribution in [0.15, 0.2) is 77.7 Å². The molecule has 4 rings (SSSR count). The van der Waals surface area contributed by atoms with E-state index in [2.05, 4.69) is 4.90 Å². The number of hydrogen-bond acceptors (Lipinski definition) is 6. The fourth-order valence-corrected chi connectivity index (χ4v) is 6.97. The molecular formula is C28H32F3N3O3S2. The van der Waals surface area contributed by atoms with Crippen LogP contribution in [0.1, 0.15) is 24.5 Å². The Hall–Kier alpha value is -2.57. The lowest BCUT2D eigenvalue weighted by Crippen LogP contribution is -2.58. The van der Waals surface area contributed by atoms with Gasteiger partial charge in [0.05, 0.1) is 10.9 Å². The molecule has 39 heavy (non-hydrogen) atoms. The van der Waals surface area contributed by atoms with E-state index in [1.165, 1.54) is 22.5 Å². The van der Waals surface area contributed by atoms with Crippen molar-refractivity contribution >= 4 is 32.8 Å². The third-order valence-electron chi connectivity index (χ3n) is 7.16. The minimum atomic E-state index is -4.82. The fraction of sp³-hybridized carbons (Fsp3) is 0.393. The molecular weight excluding hydrogens is 547 g/mol. The first-order valence-corrected chi connectivity index (χ1v) is 14.4. The van der Waals surface area contributed by atoms with Gasteiger partial charge in [0.25, 0.3) is 0 Å². The Morgan fingerprint density at radius 1 is 1.08 bits per heavy atom. The SMILES string of the molecule is CN(Cc1ccccc1)C[C@@H]1CN(S(=O)(=O)C2=CC=CCC2=S)CCN1c1ccc([C@@](C)(O)C(F)(F)F)cc1. The number of rotatable bonds is 8. The van der Waals surface area contributed by atoms with E-state index >= 15 is 0 Å². The third kappa shape index (κ3) is 6.44. The Morgan fingerprint density at radius 2 is 1.74 bits per heavy atom. The number of halogens is 3. The summed E-state index contributed by atoms with van der Waals surface area (Å²) >= 11 is 5.34. The number of benzene rings is 2. The molecule has 0 spiro atoms. The van der Waals surface area contributed by atoms with Crippen LogP contribution in [0.3, 0.4) is 0 Å². The van der Waals surface area contributed by atoms with Crippen molar-refractivity contribution in [1.29, 1.82) is 0 Å². The predicted octanol–water partition coefficient (Wildman–Crippen LogP) is 4.62. The van der Waals surface area contributed by atoms with E-state index in [0.29, 0.717) is 36.6 Å². The van der Waals surface area contributed by atoms with Gasteiger partial charge in [-0.05, 0) is 43.3 Å². The van der Waals surface area contributed by atoms with Crippen molar-refractivity contribution in [3.8, 4) is 0 Å². The van der Waals surface area contributed by atoms with Crippen LogP contribution in [-0.4, -0.2) is 73.0 Å². The number of likely N-dealkylation sites (N-methyl/N-ethyl adjacent to an activating group) is 1. The standard InChI is InChI=1S/C28H32F3N3O3S2/c1-27(35,28(29,30)31)22-12-14-23(15-13-22)34-17-16-33(39(36,37)26-11-7-6-10-25(26)38)20-24(34)19-32(2)18-21-8-4-3-5-9-21/h3-9,11-15,24,35H,10,16-20H2,1-2H3/t24-,27-/m1/s1. The van der Waals surface area contributed by atoms with Gasteiger partial charge in [0.2, 0.25) is 10.0 Å². The van der Waals surface area contributed by atoms with E-state index in [1.807, 2.05) is 48.4 Å². The van der Waals surface area contributed by atoms with Crippen LogP contribution in [0.2, 0.25) is 0 Å². The maximum absolute atomic E-state index is 13.5. The quantitative estimate of drug-likeness (QED) is 0.461. The normalized spacial score (nSPS) is 20.7. The Bertz CT molecular complexity index is 1340. The van der Waals surface area contributed by atoms with Gasteiger partial charge in [0.1, 0.15) is 0 Å². The highest BCUT2D eigenvalue weighted by molar-refractivity contribution is 7.96. The van der Waals surface area contributed by atoms with E-state index in [4.69, 9.17) is 12.2 Å². The molecule has 0 aromatic heterocycles. The topological polar surface area (TPSA) is 64.1 Å². The van der Waals surface area contributed by atoms with Crippen LogP contribution in [0.4, 0.5) is 18.9 Å². The maximum Gasteiger partial charge on any atom is 0.421 e. The number of anilines is 1. The monoisotopic (exact) mass is 579 g/mol. The van der Waals surface area contributed by atoms with Gasteiger partial charge in [-0.3, -0.25) is 0 Å². The summed E-state index contributed by atoms with van der Waals surface area (Å²) in [6.07, 6.45) is 0.635. The van der Waals surface area contributed by atoms with Crippen molar-refractivity contribution in [3.63, 3.8) is 0 Å². The summed E-state index contributed by atoms with van der Waals surface area (Å²) in [5.74, 6) is 0. The molecule has 1 N–H and O–H groups in total. The fourth-order valence-electron chi connectivity index (χ4n) is 4.89. The smallest absolute Gasteiger partial charge is 0.376 e. The molecule has 1 fully saturated rings. The zero-order chi connectivity index (χ0) is 28.4. The summed E-state index contributed by atoms with van der Waals surface area (Å²) in [4.78, 5) is 4.64. The van der Waals surface area contributed by atoms with Crippen molar-refractivity contribution in [2.24, 2.45) is 0 Å². The highest BCUT2D eigenvalue weighted by Gasteiger charge is 2.51. The Balaban J connectivity index is 1.60. The summed E-state index contributed by atoms with van der Waals surface area (Å²) in [5.41, 5.74) is -1.48. The second-order valence-corrected chi connectivity index (χ2v) is 12.5. The number of thiocarbonyl (C=S) groups is 1. The van der Waals surface area contributed by atoms with Gasteiger partial charge in [-0.25, -0.2) is 8.42 Å². The van der Waals surface area contributed by atoms with E-state index in [-0.39, 0.29) is 29.6 Å². The predicted molar refractivity (Wildman–Crippen MR) is 151 cm³/mol. The summed E-state index contributed by atoms with van der Waals surface area (Å²) in [6, 6.07) is 15.2. The lowest BCUT2D eigenvalue weighted by atomic mass is 9.95. The van der Waals surface area contributed by atoms with Crippen molar-refractivity contribution in [1.82, 2.24) is 9.21 Å². The maximum atomic E-state index is 13.5. The number of nitrogens with zero attached hydrogens (tertiary/aromatic N) is 3. The molecule has 2 aromatic carbocycles. The molecule has 0 amide bonds. The zero-order valence-electron chi connectivity index (χ0n) is 21.8. The molecule has 2 aliphatic rings. The van der Waals surface area contributed by atoms with Gasteiger partial charge in [-0.1, -0.05) is 66.8 Å². The second kappa shape index (κ2) is 11.5. The van der Waals surface area contributed by atoms with Crippen molar-refractivity contribution < 1.29 is 26.7 Å². The van der Waals surface area contributed by atoms with E-state index in [1.54, 1.807) is 18.2 Å². The number of sulfonamides is 1. The molecule has 0 unspecified atom stereocenters. The largest absolute Gasteiger partial charge is 0.421 e. The number of aliphatic hydroxyl groups is 1. The van der Waals surface area contributed by atoms with E-state index in [0.717, 1.165) is 12.5 Å². The number of alkyl halides is 3. The van der Waals surface area contributed by atoms with Crippen LogP contribution in [0.25, 0.3) is 0 Å². The molecule has 6 nitrogen and oxygen atoms in total. The highest BCUT2D eigenvalue weighted by Crippen LogP contribution is 2.39. The third-order valence-corrected chi connectivity index (χ3v) is 9.62. The average Bonchev–Trinajstić information content (AvgIpc) is 2.89.